The fourth-order valence-electron chi connectivity index (χ4n) is 11.0. The topological polar surface area (TPSA) is 228 Å². The lowest BCUT2D eigenvalue weighted by Crippen LogP contribution is -2.65. The number of carbonyl (C=O) groups is 3. The minimum absolute atomic E-state index is 0.0306. The van der Waals surface area contributed by atoms with Crippen molar-refractivity contribution in [3.05, 3.63) is 0 Å². The van der Waals surface area contributed by atoms with Crippen LogP contribution in [0.3, 0.4) is 0 Å². The molecule has 0 bridgehead atoms. The summed E-state index contributed by atoms with van der Waals surface area (Å²) >= 11 is 0. The van der Waals surface area contributed by atoms with Crippen LogP contribution in [0.1, 0.15) is 163 Å². The Hall–Kier alpha value is -2.19. The molecule has 0 aliphatic carbocycles. The van der Waals surface area contributed by atoms with Crippen molar-refractivity contribution in [3.8, 4) is 0 Å². The van der Waals surface area contributed by atoms with E-state index in [2.05, 4.69) is 6.92 Å². The highest BCUT2D eigenvalue weighted by Crippen LogP contribution is 2.35. The van der Waals surface area contributed by atoms with Gasteiger partial charge in [0, 0.05) is 63.1 Å². The Morgan fingerprint density at radius 3 is 1.72 bits per heavy atom. The van der Waals surface area contributed by atoms with Crippen LogP contribution in [0.25, 0.3) is 0 Å². The first-order valence-corrected chi connectivity index (χ1v) is 29.1. The normalized spacial score (nSPS) is 30.8. The molecule has 0 saturated carbocycles. The number of carbonyl (C=O) groups excluding carboxylic acids is 3. The third kappa shape index (κ3) is 22.5. The highest BCUT2D eigenvalue weighted by molar-refractivity contribution is 5.75. The Labute approximate surface area is 465 Å². The number of hydrogen-bond acceptors (Lipinski definition) is 21. The second-order valence-corrected chi connectivity index (χ2v) is 21.6. The van der Waals surface area contributed by atoms with Gasteiger partial charge in [-0.2, -0.15) is 0 Å². The minimum atomic E-state index is -1.50. The number of rotatable bonds is 41. The van der Waals surface area contributed by atoms with Gasteiger partial charge in [0.15, 0.2) is 37.9 Å². The number of hydrogen-bond donors (Lipinski definition) is 1. The van der Waals surface area contributed by atoms with Gasteiger partial charge in [0.05, 0.1) is 31.5 Å². The first-order valence-electron chi connectivity index (χ1n) is 29.1. The number of unbranched alkanes of at least 4 members (excludes halogenated alkanes) is 12. The molecule has 1 N–H and O–H groups in total. The van der Waals surface area contributed by atoms with Gasteiger partial charge in [0.2, 0.25) is 0 Å². The maximum Gasteiger partial charge on any atom is 0.337 e. The zero-order valence-corrected chi connectivity index (χ0v) is 49.2. The lowest BCUT2D eigenvalue weighted by atomic mass is 9.97. The van der Waals surface area contributed by atoms with Crippen LogP contribution in [0.5, 0.6) is 0 Å². The second-order valence-electron chi connectivity index (χ2n) is 21.6. The van der Waals surface area contributed by atoms with Crippen LogP contribution in [-0.2, 0) is 94.9 Å². The molecule has 0 radical (unpaired) electrons. The lowest BCUT2D eigenvalue weighted by Gasteiger charge is -2.48. The van der Waals surface area contributed by atoms with E-state index in [1.54, 1.807) is 28.4 Å². The van der Waals surface area contributed by atoms with E-state index in [1.165, 1.54) is 79.6 Å². The van der Waals surface area contributed by atoms with Crippen molar-refractivity contribution in [1.29, 1.82) is 0 Å². The van der Waals surface area contributed by atoms with E-state index < -0.39 is 91.8 Å². The van der Waals surface area contributed by atoms with Crippen LogP contribution in [-0.4, -0.2) is 204 Å². The van der Waals surface area contributed by atoms with Crippen LogP contribution in [0, 0.1) is 5.92 Å². The standard InChI is InChI=1S/C57H102O21/c1-12-13-27-39(28-26-31-41(63-6)40(62-5)29-24-22-20-18-16-14-15-17-19-21-23-25-30-42-54(61)73-36-72-42)75-56-53(48(65-8)44(64-7)34-71-56)78-55-50(47(60)43(33-70-55)74-38(4)58)77-57-52(68-11)51(67-10)49(66-9)45(76-57)35-69-46(59)32-37(2)3/h37,39-45,47-53,55-57,60H,12-36H2,1-11H3. The molecule has 4 aliphatic rings. The van der Waals surface area contributed by atoms with Crippen LogP contribution < -0.4 is 0 Å². The molecule has 456 valence electrons. The van der Waals surface area contributed by atoms with E-state index in [4.69, 9.17) is 80.5 Å². The van der Waals surface area contributed by atoms with Gasteiger partial charge in [-0.15, -0.1) is 0 Å². The molecule has 0 spiro atoms. The fourth-order valence-corrected chi connectivity index (χ4v) is 11.0. The van der Waals surface area contributed by atoms with E-state index in [0.717, 1.165) is 70.6 Å². The maximum atomic E-state index is 12.7. The Bertz CT molecular complexity index is 1610. The molecule has 0 aromatic rings. The molecule has 4 saturated heterocycles. The summed E-state index contributed by atoms with van der Waals surface area (Å²) in [4.78, 5) is 36.5. The molecule has 21 nitrogen and oxygen atoms in total. The highest BCUT2D eigenvalue weighted by atomic mass is 16.8. The maximum absolute atomic E-state index is 12.7. The van der Waals surface area contributed by atoms with E-state index in [-0.39, 0.29) is 69.3 Å². The number of aliphatic hydroxyl groups is 1. The molecule has 0 aromatic carbocycles. The molecule has 4 heterocycles. The number of methoxy groups -OCH3 is 7. The van der Waals surface area contributed by atoms with Gasteiger partial charge >= 0.3 is 17.9 Å². The van der Waals surface area contributed by atoms with Crippen LogP contribution in [0.15, 0.2) is 0 Å². The molecule has 78 heavy (non-hydrogen) atoms. The van der Waals surface area contributed by atoms with Gasteiger partial charge in [0.1, 0.15) is 61.5 Å². The average molecular weight is 1120 g/mol. The van der Waals surface area contributed by atoms with Crippen molar-refractivity contribution < 1.29 is 100 Å². The Kier molecular flexibility index (Phi) is 33.8. The third-order valence-corrected chi connectivity index (χ3v) is 15.3. The van der Waals surface area contributed by atoms with Gasteiger partial charge in [-0.3, -0.25) is 9.59 Å². The van der Waals surface area contributed by atoms with Crippen molar-refractivity contribution in [1.82, 2.24) is 0 Å². The van der Waals surface area contributed by atoms with Gasteiger partial charge in [0.25, 0.3) is 0 Å². The number of aliphatic hydroxyl groups excluding tert-OH is 1. The third-order valence-electron chi connectivity index (χ3n) is 15.3. The van der Waals surface area contributed by atoms with Crippen LogP contribution >= 0.6 is 0 Å². The zero-order chi connectivity index (χ0) is 56.8. The largest absolute Gasteiger partial charge is 0.463 e. The van der Waals surface area contributed by atoms with E-state index >= 15 is 0 Å². The van der Waals surface area contributed by atoms with E-state index in [1.807, 2.05) is 13.8 Å². The Morgan fingerprint density at radius 2 is 1.17 bits per heavy atom. The predicted molar refractivity (Wildman–Crippen MR) is 284 cm³/mol. The average Bonchev–Trinajstić information content (AvgIpc) is 3.90. The van der Waals surface area contributed by atoms with Crippen molar-refractivity contribution in [2.75, 3.05) is 76.4 Å². The molecular formula is C57H102O21. The summed E-state index contributed by atoms with van der Waals surface area (Å²) in [6, 6.07) is 0. The first kappa shape index (κ1) is 68.3. The molecular weight excluding hydrogens is 1020 g/mol. The van der Waals surface area contributed by atoms with Crippen molar-refractivity contribution in [2.24, 2.45) is 5.92 Å². The Balaban J connectivity index is 1.36. The fraction of sp³-hybridized carbons (Fsp3) is 0.947. The smallest absolute Gasteiger partial charge is 0.337 e. The quantitative estimate of drug-likeness (QED) is 0.0360. The molecule has 4 rings (SSSR count). The summed E-state index contributed by atoms with van der Waals surface area (Å²) < 4.78 is 102. The van der Waals surface area contributed by atoms with E-state index in [9.17, 15) is 19.5 Å². The molecule has 0 aromatic heterocycles. The zero-order valence-electron chi connectivity index (χ0n) is 49.2. The predicted octanol–water partition coefficient (Wildman–Crippen LogP) is 7.29. The van der Waals surface area contributed by atoms with Gasteiger partial charge in [-0.25, -0.2) is 4.79 Å². The molecule has 21 heteroatoms. The molecule has 17 atom stereocenters. The number of cyclic esters (lactones) is 1. The monoisotopic (exact) mass is 1120 g/mol. The lowest BCUT2D eigenvalue weighted by molar-refractivity contribution is -0.384. The number of ether oxygens (including phenoxy) is 17. The Morgan fingerprint density at radius 1 is 0.603 bits per heavy atom. The summed E-state index contributed by atoms with van der Waals surface area (Å²) in [6.07, 6.45) is 7.25. The van der Waals surface area contributed by atoms with Gasteiger partial charge in [-0.1, -0.05) is 111 Å². The summed E-state index contributed by atoms with van der Waals surface area (Å²) in [6.45, 7) is 7.04. The SMILES string of the molecule is CCCCC(CCCC(OC)C(CCCCCCCCCCCCCCC1OCOC1=O)OC)OC1OCC(OC)C(OC)C1OC1OCC(OC(C)=O)C(O)C1OC1OC(COC(=O)CC(C)C)C(OC)C(OC)C1OC. The van der Waals surface area contributed by atoms with E-state index in [0.29, 0.717) is 6.42 Å². The van der Waals surface area contributed by atoms with Crippen molar-refractivity contribution in [3.63, 3.8) is 0 Å². The number of esters is 3. The van der Waals surface area contributed by atoms with Crippen molar-refractivity contribution >= 4 is 17.9 Å². The molecule has 17 unspecified atom stereocenters. The molecule has 0 amide bonds. The minimum Gasteiger partial charge on any atom is -0.463 e. The summed E-state index contributed by atoms with van der Waals surface area (Å²) in [5.74, 6) is -1.18. The molecule has 4 aliphatic heterocycles. The highest BCUT2D eigenvalue weighted by Gasteiger charge is 2.54. The second kappa shape index (κ2) is 38.6. The van der Waals surface area contributed by atoms with Crippen LogP contribution in [0.4, 0.5) is 0 Å². The van der Waals surface area contributed by atoms with Crippen molar-refractivity contribution in [2.45, 2.75) is 267 Å². The first-order chi connectivity index (χ1) is 37.8. The summed E-state index contributed by atoms with van der Waals surface area (Å²) in [7, 11) is 11.1. The van der Waals surface area contributed by atoms with Gasteiger partial charge in [-0.05, 0) is 44.4 Å². The molecule has 4 fully saturated rings. The van der Waals surface area contributed by atoms with Crippen LogP contribution in [0.2, 0.25) is 0 Å². The summed E-state index contributed by atoms with van der Waals surface area (Å²) in [5, 5.41) is 12.0. The van der Waals surface area contributed by atoms with Gasteiger partial charge < -0.3 is 85.6 Å². The summed E-state index contributed by atoms with van der Waals surface area (Å²) in [5.41, 5.74) is 0.